The van der Waals surface area contributed by atoms with Crippen LogP contribution >= 0.6 is 23.2 Å². The first-order valence-corrected chi connectivity index (χ1v) is 7.63. The Morgan fingerprint density at radius 2 is 2.12 bits per heavy atom. The van der Waals surface area contributed by atoms with Crippen molar-refractivity contribution in [2.75, 3.05) is 0 Å². The van der Waals surface area contributed by atoms with Crippen molar-refractivity contribution in [3.8, 4) is 11.3 Å². The topological polar surface area (TPSA) is 83.0 Å². The van der Waals surface area contributed by atoms with Gasteiger partial charge in [0.25, 0.3) is 5.91 Å². The van der Waals surface area contributed by atoms with E-state index in [9.17, 15) is 4.79 Å². The fourth-order valence-electron chi connectivity index (χ4n) is 1.95. The van der Waals surface area contributed by atoms with Gasteiger partial charge in [-0.1, -0.05) is 29.3 Å². The molecule has 0 radical (unpaired) electrons. The van der Waals surface area contributed by atoms with E-state index < -0.39 is 5.91 Å². The van der Waals surface area contributed by atoms with Gasteiger partial charge in [0, 0.05) is 28.5 Å². The van der Waals surface area contributed by atoms with Gasteiger partial charge in [0.05, 0.1) is 16.9 Å². The maximum Gasteiger partial charge on any atom is 0.289 e. The number of pyridine rings is 1. The van der Waals surface area contributed by atoms with E-state index in [4.69, 9.17) is 23.2 Å². The van der Waals surface area contributed by atoms with E-state index in [2.05, 4.69) is 25.7 Å². The van der Waals surface area contributed by atoms with E-state index in [1.807, 2.05) is 6.07 Å². The van der Waals surface area contributed by atoms with Gasteiger partial charge in [-0.25, -0.2) is 5.43 Å². The molecular weight excluding hydrogens is 349 g/mol. The average Bonchev–Trinajstić information content (AvgIpc) is 3.05. The number of H-pyrrole nitrogens is 1. The highest BCUT2D eigenvalue weighted by Gasteiger charge is 2.12. The van der Waals surface area contributed by atoms with Gasteiger partial charge in [0.1, 0.15) is 5.69 Å². The Morgan fingerprint density at radius 1 is 1.25 bits per heavy atom. The number of halogens is 2. The number of aromatic nitrogens is 3. The summed E-state index contributed by atoms with van der Waals surface area (Å²) < 4.78 is 0. The summed E-state index contributed by atoms with van der Waals surface area (Å²) in [6.45, 7) is 0. The summed E-state index contributed by atoms with van der Waals surface area (Å²) in [5.41, 5.74) is 4.67. The molecule has 0 aliphatic rings. The lowest BCUT2D eigenvalue weighted by Gasteiger charge is -2.00. The van der Waals surface area contributed by atoms with Crippen LogP contribution in [-0.4, -0.2) is 27.3 Å². The molecule has 0 unspecified atom stereocenters. The number of hydrogen-bond acceptors (Lipinski definition) is 4. The third-order valence-corrected chi connectivity index (χ3v) is 3.64. The summed E-state index contributed by atoms with van der Waals surface area (Å²) in [5, 5.41) is 11.6. The van der Waals surface area contributed by atoms with Crippen molar-refractivity contribution >= 4 is 35.3 Å². The third kappa shape index (κ3) is 3.79. The number of carbonyl (C=O) groups excluding carboxylic acids is 1. The highest BCUT2D eigenvalue weighted by molar-refractivity contribution is 6.36. The van der Waals surface area contributed by atoms with Crippen molar-refractivity contribution in [3.63, 3.8) is 0 Å². The lowest BCUT2D eigenvalue weighted by molar-refractivity contribution is 0.0950. The molecule has 1 aromatic carbocycles. The van der Waals surface area contributed by atoms with Crippen LogP contribution in [0.2, 0.25) is 10.0 Å². The first kappa shape index (κ1) is 16.2. The van der Waals surface area contributed by atoms with Crippen LogP contribution in [0.5, 0.6) is 0 Å². The third-order valence-electron chi connectivity index (χ3n) is 3.09. The van der Waals surface area contributed by atoms with Gasteiger partial charge in [-0.3, -0.25) is 14.9 Å². The molecule has 0 saturated heterocycles. The van der Waals surface area contributed by atoms with Crippen molar-refractivity contribution in [2.24, 2.45) is 5.10 Å². The predicted molar refractivity (Wildman–Crippen MR) is 93.3 cm³/mol. The van der Waals surface area contributed by atoms with E-state index in [1.165, 1.54) is 6.21 Å². The number of hydrogen-bond donors (Lipinski definition) is 2. The number of benzene rings is 1. The second kappa shape index (κ2) is 7.25. The number of rotatable bonds is 4. The predicted octanol–water partition coefficient (Wildman–Crippen LogP) is 3.54. The SMILES string of the molecule is O=C(N/N=C\c1cccnc1)c1cc(-c2ccc(Cl)cc2Cl)n[nH]1. The lowest BCUT2D eigenvalue weighted by atomic mass is 10.1. The fraction of sp³-hybridized carbons (Fsp3) is 0. The Balaban J connectivity index is 1.71. The van der Waals surface area contributed by atoms with E-state index in [0.29, 0.717) is 21.3 Å². The standard InChI is InChI=1S/C16H11Cl2N5O/c17-11-3-4-12(13(18)6-11)14-7-15(22-21-14)16(24)23-20-9-10-2-1-5-19-8-10/h1-9H,(H,21,22)(H,23,24)/b20-9-. The van der Waals surface area contributed by atoms with E-state index in [-0.39, 0.29) is 5.69 Å². The van der Waals surface area contributed by atoms with Gasteiger partial charge in [-0.2, -0.15) is 10.2 Å². The highest BCUT2D eigenvalue weighted by Crippen LogP contribution is 2.29. The largest absolute Gasteiger partial charge is 0.289 e. The normalized spacial score (nSPS) is 10.9. The molecule has 120 valence electrons. The molecular formula is C16H11Cl2N5O. The van der Waals surface area contributed by atoms with Crippen molar-refractivity contribution in [2.45, 2.75) is 0 Å². The molecule has 2 N–H and O–H groups in total. The molecule has 0 spiro atoms. The number of hydrazone groups is 1. The number of nitrogens with one attached hydrogen (secondary N) is 2. The van der Waals surface area contributed by atoms with E-state index in [0.717, 1.165) is 5.56 Å². The van der Waals surface area contributed by atoms with E-state index in [1.54, 1.807) is 42.7 Å². The molecule has 0 fully saturated rings. The fourth-order valence-corrected chi connectivity index (χ4v) is 2.46. The Labute approximate surface area is 147 Å². The van der Waals surface area contributed by atoms with Crippen LogP contribution in [0, 0.1) is 0 Å². The molecule has 3 rings (SSSR count). The van der Waals surface area contributed by atoms with Crippen LogP contribution in [0.25, 0.3) is 11.3 Å². The van der Waals surface area contributed by atoms with Gasteiger partial charge in [-0.15, -0.1) is 0 Å². The average molecular weight is 360 g/mol. The molecule has 0 bridgehead atoms. The first-order valence-electron chi connectivity index (χ1n) is 6.88. The quantitative estimate of drug-likeness (QED) is 0.551. The molecule has 1 amide bonds. The van der Waals surface area contributed by atoms with Crippen LogP contribution in [0.4, 0.5) is 0 Å². The van der Waals surface area contributed by atoms with Gasteiger partial charge in [0.2, 0.25) is 0 Å². The molecule has 24 heavy (non-hydrogen) atoms. The number of aromatic amines is 1. The lowest BCUT2D eigenvalue weighted by Crippen LogP contribution is -2.18. The molecule has 2 aromatic heterocycles. The smallest absolute Gasteiger partial charge is 0.272 e. The number of amides is 1. The molecule has 0 aliphatic heterocycles. The summed E-state index contributed by atoms with van der Waals surface area (Å²) >= 11 is 12.0. The minimum atomic E-state index is -0.418. The maximum atomic E-state index is 12.1. The Kier molecular flexibility index (Phi) is 4.88. The minimum Gasteiger partial charge on any atom is -0.272 e. The van der Waals surface area contributed by atoms with Crippen LogP contribution in [0.15, 0.2) is 53.9 Å². The van der Waals surface area contributed by atoms with Crippen LogP contribution in [-0.2, 0) is 0 Å². The van der Waals surface area contributed by atoms with Crippen molar-refractivity contribution in [1.82, 2.24) is 20.6 Å². The molecule has 3 aromatic rings. The van der Waals surface area contributed by atoms with Gasteiger partial charge in [-0.05, 0) is 30.3 Å². The summed E-state index contributed by atoms with van der Waals surface area (Å²) in [5.74, 6) is -0.418. The summed E-state index contributed by atoms with van der Waals surface area (Å²) in [6.07, 6.45) is 4.79. The van der Waals surface area contributed by atoms with Crippen LogP contribution < -0.4 is 5.43 Å². The molecule has 0 aliphatic carbocycles. The van der Waals surface area contributed by atoms with E-state index >= 15 is 0 Å². The Morgan fingerprint density at radius 3 is 2.88 bits per heavy atom. The summed E-state index contributed by atoms with van der Waals surface area (Å²) in [4.78, 5) is 16.0. The summed E-state index contributed by atoms with van der Waals surface area (Å²) in [6, 6.07) is 10.2. The monoisotopic (exact) mass is 359 g/mol. The minimum absolute atomic E-state index is 0.263. The molecule has 0 atom stereocenters. The zero-order valence-electron chi connectivity index (χ0n) is 12.2. The van der Waals surface area contributed by atoms with Crippen molar-refractivity contribution in [1.29, 1.82) is 0 Å². The van der Waals surface area contributed by atoms with Gasteiger partial charge < -0.3 is 0 Å². The zero-order chi connectivity index (χ0) is 16.9. The second-order valence-electron chi connectivity index (χ2n) is 4.78. The molecule has 8 heteroatoms. The second-order valence-corrected chi connectivity index (χ2v) is 5.62. The Hall–Kier alpha value is -2.70. The van der Waals surface area contributed by atoms with Crippen LogP contribution in [0.3, 0.4) is 0 Å². The Bertz CT molecular complexity index is 892. The molecule has 0 saturated carbocycles. The maximum absolute atomic E-state index is 12.1. The zero-order valence-corrected chi connectivity index (χ0v) is 13.7. The van der Waals surface area contributed by atoms with Crippen molar-refractivity contribution in [3.05, 3.63) is 70.1 Å². The van der Waals surface area contributed by atoms with Crippen molar-refractivity contribution < 1.29 is 4.79 Å². The highest BCUT2D eigenvalue weighted by atomic mass is 35.5. The van der Waals surface area contributed by atoms with Gasteiger partial charge >= 0.3 is 0 Å². The molecule has 2 heterocycles. The molecule has 6 nitrogen and oxygen atoms in total. The van der Waals surface area contributed by atoms with Gasteiger partial charge in [0.15, 0.2) is 0 Å². The summed E-state index contributed by atoms with van der Waals surface area (Å²) in [7, 11) is 0. The van der Waals surface area contributed by atoms with Crippen LogP contribution in [0.1, 0.15) is 16.1 Å². The number of carbonyl (C=O) groups is 1. The first-order chi connectivity index (χ1) is 11.6. The number of nitrogens with zero attached hydrogens (tertiary/aromatic N) is 3.